The molecule has 0 unspecified atom stereocenters. The van der Waals surface area contributed by atoms with Crippen LogP contribution >= 0.6 is 0 Å². The lowest BCUT2D eigenvalue weighted by Gasteiger charge is -2.32. The van der Waals surface area contributed by atoms with Gasteiger partial charge in [0.15, 0.2) is 0 Å². The fourth-order valence-corrected chi connectivity index (χ4v) is 3.20. The van der Waals surface area contributed by atoms with E-state index in [1.54, 1.807) is 6.20 Å². The van der Waals surface area contributed by atoms with Crippen molar-refractivity contribution in [3.8, 4) is 0 Å². The number of hydrogen-bond acceptors (Lipinski definition) is 4. The maximum Gasteiger partial charge on any atom is 0.272 e. The van der Waals surface area contributed by atoms with Gasteiger partial charge in [0.1, 0.15) is 5.69 Å². The molecule has 2 N–H and O–H groups in total. The first-order chi connectivity index (χ1) is 11.7. The van der Waals surface area contributed by atoms with Crippen LogP contribution in [0, 0.1) is 0 Å². The number of pyridine rings is 1. The highest BCUT2D eigenvalue weighted by atomic mass is 16.2. The molecule has 24 heavy (non-hydrogen) atoms. The molecule has 1 aliphatic rings. The highest BCUT2D eigenvalue weighted by Crippen LogP contribution is 2.14. The number of amides is 1. The summed E-state index contributed by atoms with van der Waals surface area (Å²) in [5.41, 5.74) is 2.72. The Hall–Kier alpha value is -2.21. The molecule has 128 valence electrons. The topological polar surface area (TPSA) is 73.9 Å². The number of nitrogens with zero attached hydrogens (tertiary/aromatic N) is 3. The molecule has 6 nitrogen and oxygen atoms in total. The summed E-state index contributed by atoms with van der Waals surface area (Å²) in [6, 6.07) is 6.09. The average molecular weight is 327 g/mol. The summed E-state index contributed by atoms with van der Waals surface area (Å²) in [6.07, 6.45) is 7.76. The van der Waals surface area contributed by atoms with Crippen LogP contribution in [0.5, 0.6) is 0 Å². The van der Waals surface area contributed by atoms with Gasteiger partial charge in [0.05, 0.1) is 0 Å². The first-order valence-corrected chi connectivity index (χ1v) is 8.71. The van der Waals surface area contributed by atoms with E-state index in [9.17, 15) is 4.79 Å². The number of aromatic amines is 1. The molecule has 1 amide bonds. The number of hydrogen-bond donors (Lipinski definition) is 2. The summed E-state index contributed by atoms with van der Waals surface area (Å²) < 4.78 is 0. The van der Waals surface area contributed by atoms with Gasteiger partial charge in [0.2, 0.25) is 0 Å². The lowest BCUT2D eigenvalue weighted by molar-refractivity contribution is 0.0895. The highest BCUT2D eigenvalue weighted by Gasteiger charge is 2.22. The Labute approximate surface area is 142 Å². The Kier molecular flexibility index (Phi) is 5.59. The van der Waals surface area contributed by atoms with Gasteiger partial charge in [0.25, 0.3) is 5.91 Å². The fraction of sp³-hybridized carbons (Fsp3) is 0.500. The molecule has 1 fully saturated rings. The molecule has 0 aliphatic carbocycles. The maximum atomic E-state index is 12.4. The lowest BCUT2D eigenvalue weighted by Crippen LogP contribution is -2.47. The monoisotopic (exact) mass is 327 g/mol. The number of aryl methyl sites for hydroxylation is 1. The second-order valence-electron chi connectivity index (χ2n) is 6.44. The predicted octanol–water partition coefficient (Wildman–Crippen LogP) is 2.15. The summed E-state index contributed by atoms with van der Waals surface area (Å²) in [5.74, 6) is -0.0816. The molecule has 0 aromatic carbocycles. The molecule has 0 saturated carbocycles. The van der Waals surface area contributed by atoms with Gasteiger partial charge >= 0.3 is 0 Å². The van der Waals surface area contributed by atoms with E-state index in [-0.39, 0.29) is 11.9 Å². The van der Waals surface area contributed by atoms with Gasteiger partial charge in [-0.2, -0.15) is 5.10 Å². The third kappa shape index (κ3) is 4.41. The quantitative estimate of drug-likeness (QED) is 0.852. The van der Waals surface area contributed by atoms with Crippen LogP contribution in [-0.4, -0.2) is 45.1 Å². The van der Waals surface area contributed by atoms with E-state index >= 15 is 0 Å². The molecule has 0 radical (unpaired) electrons. The Morgan fingerprint density at radius 1 is 1.50 bits per heavy atom. The van der Waals surface area contributed by atoms with Crippen LogP contribution in [-0.2, 0) is 13.0 Å². The van der Waals surface area contributed by atoms with Crippen molar-refractivity contribution in [1.82, 2.24) is 25.4 Å². The average Bonchev–Trinajstić information content (AvgIpc) is 3.05. The minimum atomic E-state index is -0.0816. The van der Waals surface area contributed by atoms with Crippen molar-refractivity contribution < 1.29 is 4.79 Å². The molecule has 3 rings (SSSR count). The zero-order valence-corrected chi connectivity index (χ0v) is 14.2. The van der Waals surface area contributed by atoms with Gasteiger partial charge in [-0.05, 0) is 43.5 Å². The highest BCUT2D eigenvalue weighted by molar-refractivity contribution is 5.92. The zero-order chi connectivity index (χ0) is 16.8. The number of rotatable bonds is 6. The number of nitrogens with one attached hydrogen (secondary N) is 2. The van der Waals surface area contributed by atoms with Crippen molar-refractivity contribution in [3.63, 3.8) is 0 Å². The molecule has 0 spiro atoms. The molecular formula is C18H25N5O. The van der Waals surface area contributed by atoms with Crippen LogP contribution in [0.1, 0.15) is 47.9 Å². The summed E-state index contributed by atoms with van der Waals surface area (Å²) in [6.45, 7) is 4.92. The minimum absolute atomic E-state index is 0.0816. The largest absolute Gasteiger partial charge is 0.347 e. The fourth-order valence-electron chi connectivity index (χ4n) is 3.20. The molecule has 1 aliphatic heterocycles. The van der Waals surface area contributed by atoms with Gasteiger partial charge in [-0.1, -0.05) is 19.4 Å². The van der Waals surface area contributed by atoms with E-state index in [0.717, 1.165) is 51.0 Å². The molecule has 0 bridgehead atoms. The maximum absolute atomic E-state index is 12.4. The smallest absolute Gasteiger partial charge is 0.272 e. The molecular weight excluding hydrogens is 302 g/mol. The van der Waals surface area contributed by atoms with Crippen LogP contribution in [0.15, 0.2) is 30.6 Å². The summed E-state index contributed by atoms with van der Waals surface area (Å²) in [4.78, 5) is 18.9. The van der Waals surface area contributed by atoms with Crippen molar-refractivity contribution in [2.45, 2.75) is 45.2 Å². The van der Waals surface area contributed by atoms with Gasteiger partial charge in [-0.15, -0.1) is 0 Å². The van der Waals surface area contributed by atoms with Crippen LogP contribution in [0.25, 0.3) is 0 Å². The lowest BCUT2D eigenvalue weighted by atomic mass is 10.0. The van der Waals surface area contributed by atoms with Gasteiger partial charge in [-0.3, -0.25) is 19.8 Å². The predicted molar refractivity (Wildman–Crippen MR) is 92.6 cm³/mol. The van der Waals surface area contributed by atoms with Gasteiger partial charge in [0, 0.05) is 37.2 Å². The van der Waals surface area contributed by atoms with Crippen molar-refractivity contribution in [2.24, 2.45) is 0 Å². The number of aromatic nitrogens is 3. The normalized spacial score (nSPS) is 18.5. The van der Waals surface area contributed by atoms with Crippen molar-refractivity contribution >= 4 is 5.91 Å². The van der Waals surface area contributed by atoms with Crippen LogP contribution in [0.4, 0.5) is 0 Å². The van der Waals surface area contributed by atoms with E-state index in [4.69, 9.17) is 0 Å². The Balaban J connectivity index is 1.53. The van der Waals surface area contributed by atoms with E-state index in [1.165, 1.54) is 5.56 Å². The van der Waals surface area contributed by atoms with E-state index in [1.807, 2.05) is 18.3 Å². The zero-order valence-electron chi connectivity index (χ0n) is 14.2. The van der Waals surface area contributed by atoms with E-state index in [0.29, 0.717) is 5.69 Å². The molecule has 3 heterocycles. The second-order valence-corrected chi connectivity index (χ2v) is 6.44. The van der Waals surface area contributed by atoms with Crippen LogP contribution in [0.2, 0.25) is 0 Å². The molecule has 1 saturated heterocycles. The number of piperidine rings is 1. The number of carbonyl (C=O) groups is 1. The Morgan fingerprint density at radius 2 is 2.42 bits per heavy atom. The van der Waals surface area contributed by atoms with E-state index in [2.05, 4.69) is 38.4 Å². The molecule has 2 aromatic rings. The van der Waals surface area contributed by atoms with Gasteiger partial charge < -0.3 is 5.32 Å². The minimum Gasteiger partial charge on any atom is -0.347 e. The van der Waals surface area contributed by atoms with Gasteiger partial charge in [-0.25, -0.2) is 0 Å². The van der Waals surface area contributed by atoms with Crippen molar-refractivity contribution in [1.29, 1.82) is 0 Å². The van der Waals surface area contributed by atoms with Crippen LogP contribution in [0.3, 0.4) is 0 Å². The SMILES string of the molecule is CCCc1cc(C(=O)N[C@@H]2CCCN(Cc3cccnc3)C2)n[nH]1. The second kappa shape index (κ2) is 8.06. The first-order valence-electron chi connectivity index (χ1n) is 8.71. The summed E-state index contributed by atoms with van der Waals surface area (Å²) >= 11 is 0. The third-order valence-corrected chi connectivity index (χ3v) is 4.35. The summed E-state index contributed by atoms with van der Waals surface area (Å²) in [5, 5.41) is 10.2. The third-order valence-electron chi connectivity index (χ3n) is 4.35. The first kappa shape index (κ1) is 16.6. The van der Waals surface area contributed by atoms with E-state index < -0.39 is 0 Å². The number of H-pyrrole nitrogens is 1. The molecule has 6 heteroatoms. The van der Waals surface area contributed by atoms with Crippen molar-refractivity contribution in [3.05, 3.63) is 47.5 Å². The molecule has 2 aromatic heterocycles. The number of likely N-dealkylation sites (tertiary alicyclic amines) is 1. The molecule has 1 atom stereocenters. The van der Waals surface area contributed by atoms with Crippen LogP contribution < -0.4 is 5.32 Å². The number of carbonyl (C=O) groups excluding carboxylic acids is 1. The Morgan fingerprint density at radius 3 is 3.21 bits per heavy atom. The van der Waals surface area contributed by atoms with Crippen molar-refractivity contribution in [2.75, 3.05) is 13.1 Å². The standard InChI is InChI=1S/C18H25N5O/c1-2-5-15-10-17(22-21-15)18(24)20-16-7-4-9-23(13-16)12-14-6-3-8-19-11-14/h3,6,8,10-11,16H,2,4-5,7,9,12-13H2,1H3,(H,20,24)(H,21,22)/t16-/m1/s1. The Bertz CT molecular complexity index is 654. The summed E-state index contributed by atoms with van der Waals surface area (Å²) in [7, 11) is 0.